The van der Waals surface area contributed by atoms with Crippen LogP contribution in [-0.2, 0) is 17.9 Å². The van der Waals surface area contributed by atoms with Gasteiger partial charge in [-0.05, 0) is 18.2 Å². The fourth-order valence-electron chi connectivity index (χ4n) is 4.03. The molecule has 3 N–H and O–H groups in total. The summed E-state index contributed by atoms with van der Waals surface area (Å²) in [5.41, 5.74) is 1.24. The third-order valence-electron chi connectivity index (χ3n) is 5.54. The van der Waals surface area contributed by atoms with E-state index in [-0.39, 0.29) is 37.7 Å². The summed E-state index contributed by atoms with van der Waals surface area (Å²) in [6.07, 6.45) is -4.19. The number of ether oxygens (including phenoxy) is 1. The minimum atomic E-state index is -4.38. The number of aliphatic hydroxyl groups excluding tert-OH is 1. The maximum absolute atomic E-state index is 13.6. The lowest BCUT2D eigenvalue weighted by atomic mass is 10.1. The number of likely N-dealkylation sites (tertiary alicyclic amines) is 1. The predicted octanol–water partition coefficient (Wildman–Crippen LogP) is 1.26. The predicted molar refractivity (Wildman–Crippen MR) is 113 cm³/mol. The van der Waals surface area contributed by atoms with Gasteiger partial charge in [-0.3, -0.25) is 14.7 Å². The number of anilines is 1. The molecule has 182 valence electrons. The Bertz CT molecular complexity index is 1110. The third-order valence-corrected chi connectivity index (χ3v) is 5.54. The van der Waals surface area contributed by atoms with Crippen molar-refractivity contribution in [2.45, 2.75) is 31.4 Å². The van der Waals surface area contributed by atoms with E-state index in [4.69, 9.17) is 4.74 Å². The van der Waals surface area contributed by atoms with Gasteiger partial charge in [0.05, 0.1) is 43.6 Å². The van der Waals surface area contributed by atoms with Crippen LogP contribution in [0.4, 0.5) is 23.4 Å². The fourth-order valence-corrected chi connectivity index (χ4v) is 4.03. The number of rotatable bonds is 7. The second-order valence-corrected chi connectivity index (χ2v) is 7.98. The second kappa shape index (κ2) is 9.50. The van der Waals surface area contributed by atoms with Crippen LogP contribution in [0.25, 0.3) is 0 Å². The number of β-amino-alcohol motifs (C(OH)–C–C–N with tert-alkyl or cyclic N) is 1. The van der Waals surface area contributed by atoms with Crippen LogP contribution >= 0.6 is 0 Å². The number of benzene rings is 1. The number of aromatic nitrogens is 2. The van der Waals surface area contributed by atoms with Crippen LogP contribution in [0.5, 0.6) is 5.75 Å². The number of fused-ring (bicyclic) bond motifs is 1. The zero-order chi connectivity index (χ0) is 24.5. The van der Waals surface area contributed by atoms with Crippen LogP contribution in [0.3, 0.4) is 0 Å². The molecule has 34 heavy (non-hydrogen) atoms. The van der Waals surface area contributed by atoms with E-state index in [9.17, 15) is 27.5 Å². The number of hydrogen-bond acceptors (Lipinski definition) is 8. The lowest BCUT2D eigenvalue weighted by Gasteiger charge is -2.19. The van der Waals surface area contributed by atoms with Gasteiger partial charge in [0.15, 0.2) is 0 Å². The van der Waals surface area contributed by atoms with Gasteiger partial charge in [0, 0.05) is 25.2 Å². The Morgan fingerprint density at radius 1 is 1.29 bits per heavy atom. The summed E-state index contributed by atoms with van der Waals surface area (Å²) in [6.45, 7) is -1.26. The Balaban J connectivity index is 1.47. The normalized spacial score (nSPS) is 20.1. The van der Waals surface area contributed by atoms with Crippen molar-refractivity contribution < 1.29 is 32.2 Å². The van der Waals surface area contributed by atoms with Crippen LogP contribution in [0.2, 0.25) is 0 Å². The summed E-state index contributed by atoms with van der Waals surface area (Å²) >= 11 is 0. The zero-order valence-electron chi connectivity index (χ0n) is 18.1. The molecule has 0 aliphatic carbocycles. The van der Waals surface area contributed by atoms with Gasteiger partial charge >= 0.3 is 6.18 Å². The number of carbonyl (C=O) groups is 1. The van der Waals surface area contributed by atoms with Gasteiger partial charge in [-0.1, -0.05) is 0 Å². The highest BCUT2D eigenvalue weighted by Gasteiger charge is 2.39. The molecule has 0 saturated carbocycles. The molecular formula is C21H22F4N6O3. The number of aliphatic imine (C=N–C) groups is 1. The summed E-state index contributed by atoms with van der Waals surface area (Å²) < 4.78 is 56.9. The van der Waals surface area contributed by atoms with Crippen LogP contribution in [0.15, 0.2) is 29.5 Å². The number of nitrogens with one attached hydrogen (secondary N) is 2. The first-order valence-corrected chi connectivity index (χ1v) is 10.4. The first-order valence-electron chi connectivity index (χ1n) is 10.4. The van der Waals surface area contributed by atoms with Gasteiger partial charge in [-0.15, -0.1) is 0 Å². The lowest BCUT2D eigenvalue weighted by molar-refractivity contribution is -0.144. The summed E-state index contributed by atoms with van der Waals surface area (Å²) in [7, 11) is 1.43. The topological polar surface area (TPSA) is 112 Å². The molecule has 2 atom stereocenters. The average molecular weight is 482 g/mol. The number of nitrogens with zero attached hydrogens (tertiary/aromatic N) is 4. The molecule has 0 bridgehead atoms. The minimum absolute atomic E-state index is 0.0295. The molecule has 2 aliphatic heterocycles. The van der Waals surface area contributed by atoms with E-state index in [0.717, 1.165) is 4.90 Å². The first-order chi connectivity index (χ1) is 16.1. The molecule has 0 radical (unpaired) electrons. The van der Waals surface area contributed by atoms with Crippen LogP contribution in [0.1, 0.15) is 16.8 Å². The molecule has 0 unspecified atom stereocenters. The van der Waals surface area contributed by atoms with Gasteiger partial charge in [0.1, 0.15) is 29.4 Å². The van der Waals surface area contributed by atoms with E-state index in [1.165, 1.54) is 31.6 Å². The molecule has 3 heterocycles. The van der Waals surface area contributed by atoms with Gasteiger partial charge in [0.2, 0.25) is 0 Å². The Labute approximate surface area is 191 Å². The smallest absolute Gasteiger partial charge is 0.401 e. The summed E-state index contributed by atoms with van der Waals surface area (Å²) in [5.74, 6) is -0.450. The number of amides is 1. The van der Waals surface area contributed by atoms with Crippen molar-refractivity contribution in [3.8, 4) is 5.75 Å². The molecule has 2 aromatic rings. The maximum Gasteiger partial charge on any atom is 0.401 e. The van der Waals surface area contributed by atoms with Gasteiger partial charge in [0.25, 0.3) is 5.91 Å². The summed E-state index contributed by atoms with van der Waals surface area (Å²) in [4.78, 5) is 26.5. The van der Waals surface area contributed by atoms with Crippen LogP contribution in [-0.4, -0.2) is 76.7 Å². The molecule has 1 aromatic heterocycles. The minimum Gasteiger partial charge on any atom is -0.496 e. The van der Waals surface area contributed by atoms with Crippen LogP contribution < -0.4 is 15.4 Å². The van der Waals surface area contributed by atoms with Crippen molar-refractivity contribution in [3.63, 3.8) is 0 Å². The monoisotopic (exact) mass is 482 g/mol. The highest BCUT2D eigenvalue weighted by molar-refractivity contribution is 6.47. The molecule has 1 aromatic carbocycles. The van der Waals surface area contributed by atoms with E-state index in [1.54, 1.807) is 0 Å². The van der Waals surface area contributed by atoms with Gasteiger partial charge in [-0.25, -0.2) is 14.4 Å². The number of aliphatic hydroxyl groups is 1. The number of alkyl halides is 3. The molecule has 4 rings (SSSR count). The molecular weight excluding hydrogens is 460 g/mol. The van der Waals surface area contributed by atoms with Crippen molar-refractivity contribution in [1.82, 2.24) is 20.2 Å². The zero-order valence-corrected chi connectivity index (χ0v) is 18.1. The highest BCUT2D eigenvalue weighted by atomic mass is 19.4. The number of carbonyl (C=O) groups excluding carboxylic acids is 1. The van der Waals surface area contributed by atoms with Crippen molar-refractivity contribution in [3.05, 3.63) is 47.2 Å². The number of halogens is 4. The molecule has 13 heteroatoms. The van der Waals surface area contributed by atoms with E-state index in [0.29, 0.717) is 22.6 Å². The quantitative estimate of drug-likeness (QED) is 0.510. The maximum atomic E-state index is 13.6. The second-order valence-electron chi connectivity index (χ2n) is 7.98. The Morgan fingerprint density at radius 2 is 2.09 bits per heavy atom. The van der Waals surface area contributed by atoms with Crippen molar-refractivity contribution in [1.29, 1.82) is 0 Å². The standard InChI is InChI=1S/C21H22F4N6O3/c1-34-16-3-2-12(22)4-11(16)5-27-20(33)18-17-13(6-26-18)28-10-29-19(17)30-14-7-31(8-15(14)32)9-21(23,24)25/h2-4,10,14-15,32H,5-9H2,1H3,(H,27,33)(H,28,29,30)/t14-,15-/m1/s1. The van der Waals surface area contributed by atoms with Crippen molar-refractivity contribution in [2.75, 3.05) is 32.1 Å². The van der Waals surface area contributed by atoms with Crippen molar-refractivity contribution >= 4 is 17.4 Å². The number of methoxy groups -OCH3 is 1. The Hall–Kier alpha value is -3.32. The van der Waals surface area contributed by atoms with E-state index < -0.39 is 36.6 Å². The highest BCUT2D eigenvalue weighted by Crippen LogP contribution is 2.27. The fraction of sp³-hybridized carbons (Fsp3) is 0.429. The molecule has 1 amide bonds. The van der Waals surface area contributed by atoms with Crippen molar-refractivity contribution in [2.24, 2.45) is 4.99 Å². The van der Waals surface area contributed by atoms with Gasteiger partial charge in [-0.2, -0.15) is 13.2 Å². The molecule has 9 nitrogen and oxygen atoms in total. The first kappa shape index (κ1) is 23.8. The largest absolute Gasteiger partial charge is 0.496 e. The summed E-state index contributed by atoms with van der Waals surface area (Å²) in [6, 6.07) is 3.20. The lowest BCUT2D eigenvalue weighted by Crippen LogP contribution is -2.36. The van der Waals surface area contributed by atoms with E-state index in [1.807, 2.05) is 0 Å². The Kier molecular flexibility index (Phi) is 6.66. The SMILES string of the molecule is COc1ccc(F)cc1CNC(=O)C1=NCc2ncnc(N[C@@H]3CN(CC(F)(F)F)C[C@H]3O)c21. The molecule has 1 saturated heterocycles. The van der Waals surface area contributed by atoms with E-state index in [2.05, 4.69) is 25.6 Å². The van der Waals surface area contributed by atoms with E-state index >= 15 is 0 Å². The van der Waals surface area contributed by atoms with Crippen LogP contribution in [0, 0.1) is 5.82 Å². The Morgan fingerprint density at radius 3 is 2.82 bits per heavy atom. The summed E-state index contributed by atoms with van der Waals surface area (Å²) in [5, 5.41) is 15.9. The molecule has 2 aliphatic rings. The molecule has 0 spiro atoms. The third kappa shape index (κ3) is 5.25. The van der Waals surface area contributed by atoms with Gasteiger partial charge < -0.3 is 20.5 Å². The average Bonchev–Trinajstić information content (AvgIpc) is 3.35. The number of hydrogen-bond donors (Lipinski definition) is 3. The molecule has 1 fully saturated rings.